The van der Waals surface area contributed by atoms with Crippen LogP contribution in [0.4, 0.5) is 0 Å². The average Bonchev–Trinajstić information content (AvgIpc) is 2.08. The normalized spacial score (nSPS) is 19.5. The van der Waals surface area contributed by atoms with E-state index in [1.54, 1.807) is 0 Å². The van der Waals surface area contributed by atoms with E-state index in [-0.39, 0.29) is 26.4 Å². The van der Waals surface area contributed by atoms with Gasteiger partial charge in [0.1, 0.15) is 0 Å². The molecule has 0 aliphatic carbocycles. The number of hydrogen-bond donors (Lipinski definition) is 3. The monoisotopic (exact) mass is 278 g/mol. The molecule has 15 heavy (non-hydrogen) atoms. The Labute approximate surface area is 94.2 Å². The van der Waals surface area contributed by atoms with Crippen molar-refractivity contribution in [1.82, 2.24) is 0 Å². The molecule has 0 heterocycles. The zero-order valence-corrected chi connectivity index (χ0v) is 11.0. The van der Waals surface area contributed by atoms with E-state index in [1.165, 1.54) is 6.66 Å². The Bertz CT molecular complexity index is 264. The zero-order valence-electron chi connectivity index (χ0n) is 8.40. The van der Waals surface area contributed by atoms with Gasteiger partial charge in [0.15, 0.2) is 6.49 Å². The first-order valence-corrected chi connectivity index (χ1v) is 8.96. The van der Waals surface area contributed by atoms with Gasteiger partial charge in [-0.25, -0.2) is 0 Å². The summed E-state index contributed by atoms with van der Waals surface area (Å²) in [5, 5.41) is 8.44. The van der Waals surface area contributed by atoms with Gasteiger partial charge in [-0.05, 0) is 18.1 Å². The summed E-state index contributed by atoms with van der Waals surface area (Å²) in [6, 6.07) is 0. The van der Waals surface area contributed by atoms with Crippen molar-refractivity contribution in [2.75, 3.05) is 33.1 Å². The van der Waals surface area contributed by atoms with Crippen LogP contribution in [0.2, 0.25) is 0 Å². The molecule has 92 valence electrons. The third-order valence-corrected chi connectivity index (χ3v) is 3.24. The maximum Gasteiger partial charge on any atom is 0.248 e. The summed E-state index contributed by atoms with van der Waals surface area (Å²) in [7, 11) is -3.13. The first-order chi connectivity index (χ1) is 6.77. The molecule has 2 unspecified atom stereocenters. The zero-order chi connectivity index (χ0) is 11.9. The Morgan fingerprint density at radius 3 is 2.07 bits per heavy atom. The van der Waals surface area contributed by atoms with Crippen LogP contribution >= 0.6 is 14.1 Å². The number of rotatable bonds is 8. The van der Waals surface area contributed by atoms with Crippen molar-refractivity contribution < 1.29 is 28.5 Å². The molecule has 0 aromatic carbocycles. The number of hydrogen-bond acceptors (Lipinski definition) is 6. The third kappa shape index (κ3) is 11.0. The van der Waals surface area contributed by atoms with Crippen molar-refractivity contribution in [2.24, 2.45) is 0 Å². The SMILES string of the molecule is C=P(O)(OCCO)OCCOP(C)(O)=S. The van der Waals surface area contributed by atoms with Gasteiger partial charge >= 0.3 is 0 Å². The molecule has 0 bridgehead atoms. The summed E-state index contributed by atoms with van der Waals surface area (Å²) >= 11 is 4.62. The second-order valence-corrected chi connectivity index (χ2v) is 8.35. The van der Waals surface area contributed by atoms with Crippen LogP contribution in [0, 0.1) is 0 Å². The quantitative estimate of drug-likeness (QED) is 0.430. The van der Waals surface area contributed by atoms with Gasteiger partial charge in [-0.3, -0.25) is 0 Å². The predicted octanol–water partition coefficient (Wildman–Crippen LogP) is 0.147. The Hall–Kier alpha value is 0.710. The van der Waals surface area contributed by atoms with Crippen LogP contribution in [0.5, 0.6) is 0 Å². The van der Waals surface area contributed by atoms with Gasteiger partial charge in [-0.15, -0.1) is 0 Å². The van der Waals surface area contributed by atoms with Gasteiger partial charge in [-0.1, -0.05) is 0 Å². The van der Waals surface area contributed by atoms with Crippen LogP contribution in [-0.4, -0.2) is 54.3 Å². The maximum atomic E-state index is 9.38. The van der Waals surface area contributed by atoms with Gasteiger partial charge < -0.3 is 28.5 Å². The highest BCUT2D eigenvalue weighted by molar-refractivity contribution is 8.09. The Morgan fingerprint density at radius 1 is 1.13 bits per heavy atom. The lowest BCUT2D eigenvalue weighted by Crippen LogP contribution is -2.05. The van der Waals surface area contributed by atoms with Gasteiger partial charge in [0.05, 0.1) is 26.4 Å². The fourth-order valence-electron chi connectivity index (χ4n) is 0.607. The summed E-state index contributed by atoms with van der Waals surface area (Å²) in [4.78, 5) is 18.5. The Balaban J connectivity index is 3.66. The molecule has 0 saturated heterocycles. The number of aliphatic hydroxyl groups excluding tert-OH is 1. The van der Waals surface area contributed by atoms with Crippen molar-refractivity contribution in [2.45, 2.75) is 0 Å². The van der Waals surface area contributed by atoms with E-state index in [2.05, 4.69) is 18.1 Å². The molecule has 0 aromatic rings. The molecule has 0 aliphatic rings. The van der Waals surface area contributed by atoms with Crippen LogP contribution in [0.3, 0.4) is 0 Å². The smallest absolute Gasteiger partial charge is 0.248 e. The van der Waals surface area contributed by atoms with E-state index >= 15 is 0 Å². The summed E-state index contributed by atoms with van der Waals surface area (Å²) < 4.78 is 14.5. The first kappa shape index (κ1) is 15.7. The van der Waals surface area contributed by atoms with Gasteiger partial charge in [0.2, 0.25) is 7.57 Å². The summed E-state index contributed by atoms with van der Waals surface area (Å²) in [6.45, 7) is -1.45. The summed E-state index contributed by atoms with van der Waals surface area (Å²) in [5.74, 6) is 0. The molecular formula is C6H16O6P2S. The fourth-order valence-corrected chi connectivity index (χ4v) is 2.05. The first-order valence-electron chi connectivity index (χ1n) is 4.08. The van der Waals surface area contributed by atoms with Crippen LogP contribution in [0.15, 0.2) is 0 Å². The molecule has 9 heteroatoms. The fraction of sp³-hybridized carbons (Fsp3) is 0.833. The largest absolute Gasteiger partial charge is 0.394 e. The molecule has 0 rings (SSSR count). The van der Waals surface area contributed by atoms with E-state index in [9.17, 15) is 4.89 Å². The van der Waals surface area contributed by atoms with Crippen molar-refractivity contribution in [1.29, 1.82) is 0 Å². The van der Waals surface area contributed by atoms with E-state index in [4.69, 9.17) is 23.6 Å². The minimum atomic E-state index is -3.13. The molecule has 0 fully saturated rings. The highest BCUT2D eigenvalue weighted by atomic mass is 32.5. The molecule has 0 saturated carbocycles. The molecule has 3 N–H and O–H groups in total. The van der Waals surface area contributed by atoms with E-state index in [1.807, 2.05) is 0 Å². The Kier molecular flexibility index (Phi) is 7.45. The molecule has 0 radical (unpaired) electrons. The van der Waals surface area contributed by atoms with Crippen molar-refractivity contribution >= 4 is 32.2 Å². The van der Waals surface area contributed by atoms with Gasteiger partial charge in [0, 0.05) is 6.66 Å². The summed E-state index contributed by atoms with van der Waals surface area (Å²) in [6.07, 6.45) is 3.32. The van der Waals surface area contributed by atoms with Crippen LogP contribution in [-0.2, 0) is 25.4 Å². The number of aliphatic hydroxyl groups is 1. The lowest BCUT2D eigenvalue weighted by molar-refractivity contribution is 0.140. The molecule has 0 aromatic heterocycles. The molecular weight excluding hydrogens is 262 g/mol. The third-order valence-electron chi connectivity index (χ3n) is 1.09. The molecule has 0 spiro atoms. The Morgan fingerprint density at radius 2 is 1.60 bits per heavy atom. The van der Waals surface area contributed by atoms with Crippen LogP contribution in [0.1, 0.15) is 0 Å². The summed E-state index contributed by atoms with van der Waals surface area (Å²) in [5.41, 5.74) is 0. The van der Waals surface area contributed by atoms with E-state index < -0.39 is 14.1 Å². The highest BCUT2D eigenvalue weighted by Gasteiger charge is 2.12. The van der Waals surface area contributed by atoms with Crippen molar-refractivity contribution in [3.63, 3.8) is 0 Å². The highest BCUT2D eigenvalue weighted by Crippen LogP contribution is 2.42. The molecule has 0 aliphatic heterocycles. The second kappa shape index (κ2) is 7.12. The average molecular weight is 278 g/mol. The van der Waals surface area contributed by atoms with Crippen LogP contribution in [0.25, 0.3) is 0 Å². The van der Waals surface area contributed by atoms with Crippen molar-refractivity contribution in [3.05, 3.63) is 0 Å². The predicted molar refractivity (Wildman–Crippen MR) is 63.6 cm³/mol. The minimum Gasteiger partial charge on any atom is -0.394 e. The molecule has 2 atom stereocenters. The van der Waals surface area contributed by atoms with Crippen LogP contribution < -0.4 is 0 Å². The standard InChI is InChI=1S/C6H16O6P2S/c1-13(8,10-4-3-7)11-5-6-12-14(2,9)15/h7-8H,1,3-6H2,2H3,(H,9,15). The minimum absolute atomic E-state index is 0.0198. The lowest BCUT2D eigenvalue weighted by Gasteiger charge is -2.18. The maximum absolute atomic E-state index is 9.38. The second-order valence-electron chi connectivity index (χ2n) is 2.66. The topological polar surface area (TPSA) is 88.4 Å². The lowest BCUT2D eigenvalue weighted by atomic mass is 10.8. The van der Waals surface area contributed by atoms with E-state index in [0.717, 1.165) is 0 Å². The van der Waals surface area contributed by atoms with Gasteiger partial charge in [0.25, 0.3) is 0 Å². The van der Waals surface area contributed by atoms with Crippen molar-refractivity contribution in [3.8, 4) is 0 Å². The van der Waals surface area contributed by atoms with Gasteiger partial charge in [-0.2, -0.15) is 0 Å². The molecule has 0 amide bonds. The molecule has 6 nitrogen and oxygen atoms in total. The van der Waals surface area contributed by atoms with E-state index in [0.29, 0.717) is 0 Å².